The van der Waals surface area contributed by atoms with Crippen molar-refractivity contribution in [2.45, 2.75) is 6.42 Å². The van der Waals surface area contributed by atoms with Crippen LogP contribution in [-0.4, -0.2) is 22.2 Å². The number of hydrogen-bond acceptors (Lipinski definition) is 3. The summed E-state index contributed by atoms with van der Waals surface area (Å²) in [5.41, 5.74) is 0.974. The van der Waals surface area contributed by atoms with Gasteiger partial charge in [0.15, 0.2) is 0 Å². The van der Waals surface area contributed by atoms with E-state index in [2.05, 4.69) is 27.2 Å². The van der Waals surface area contributed by atoms with E-state index in [0.717, 1.165) is 4.47 Å². The third-order valence-electron chi connectivity index (χ3n) is 2.12. The van der Waals surface area contributed by atoms with Crippen molar-refractivity contribution in [1.82, 2.24) is 0 Å². The minimum Gasteiger partial charge on any atom is -0.465 e. The average Bonchev–Trinajstić information content (AvgIpc) is 2.35. The van der Waals surface area contributed by atoms with Crippen LogP contribution in [0.3, 0.4) is 0 Å². The minimum atomic E-state index is -0.455. The molecule has 0 bridgehead atoms. The second-order valence-electron chi connectivity index (χ2n) is 3.18. The summed E-state index contributed by atoms with van der Waals surface area (Å²) >= 11 is 3.68. The van der Waals surface area contributed by atoms with Gasteiger partial charge in [-0.15, -0.1) is 6.58 Å². The summed E-state index contributed by atoms with van der Waals surface area (Å²) in [4.78, 5) is 12.1. The number of benzene rings is 1. The van der Waals surface area contributed by atoms with Crippen LogP contribution in [0, 0.1) is 0 Å². The van der Waals surface area contributed by atoms with Gasteiger partial charge in [-0.3, -0.25) is 0 Å². The Balaban J connectivity index is 3.38. The summed E-state index contributed by atoms with van der Waals surface area (Å²) in [7, 11) is 1.31. The highest BCUT2D eigenvalue weighted by molar-refractivity contribution is 9.10. The number of esters is 1. The molecule has 90 valence electrons. The Bertz CT molecular complexity index is 504. The molecule has 17 heavy (non-hydrogen) atoms. The molecule has 1 rings (SSSR count). The van der Waals surface area contributed by atoms with Crippen molar-refractivity contribution >= 4 is 38.0 Å². The van der Waals surface area contributed by atoms with E-state index in [1.807, 2.05) is 0 Å². The summed E-state index contributed by atoms with van der Waals surface area (Å²) in [6.45, 7) is 3.59. The van der Waals surface area contributed by atoms with Crippen molar-refractivity contribution in [2.75, 3.05) is 7.11 Å². The molecular formula is C12H11BrO3S. The van der Waals surface area contributed by atoms with Crippen molar-refractivity contribution in [3.63, 3.8) is 0 Å². The van der Waals surface area contributed by atoms with Crippen LogP contribution in [0.25, 0.3) is 0 Å². The lowest BCUT2D eigenvalue weighted by molar-refractivity contribution is 0.0600. The molecule has 0 saturated carbocycles. The molecule has 0 fully saturated rings. The van der Waals surface area contributed by atoms with Crippen molar-refractivity contribution in [1.29, 1.82) is 0 Å². The zero-order chi connectivity index (χ0) is 12.8. The van der Waals surface area contributed by atoms with Gasteiger partial charge in [-0.1, -0.05) is 22.0 Å². The first kappa shape index (κ1) is 13.9. The Hall–Kier alpha value is -1.20. The van der Waals surface area contributed by atoms with Crippen molar-refractivity contribution in [3.05, 3.63) is 46.5 Å². The van der Waals surface area contributed by atoms with E-state index in [9.17, 15) is 9.00 Å². The lowest BCUT2D eigenvalue weighted by atomic mass is 10.0. The molecule has 0 saturated heterocycles. The topological polar surface area (TPSA) is 43.4 Å². The normalized spacial score (nSPS) is 9.53. The number of carbonyl (C=O) groups is 1. The number of methoxy groups -OCH3 is 1. The fourth-order valence-corrected chi connectivity index (χ4v) is 2.16. The summed E-state index contributed by atoms with van der Waals surface area (Å²) in [6, 6.07) is 5.09. The number of halogens is 1. The van der Waals surface area contributed by atoms with Gasteiger partial charge in [0.25, 0.3) is 0 Å². The zero-order valence-corrected chi connectivity index (χ0v) is 11.6. The maximum absolute atomic E-state index is 11.6. The summed E-state index contributed by atoms with van der Waals surface area (Å²) < 4.78 is 16.5. The average molecular weight is 315 g/mol. The van der Waals surface area contributed by atoms with Crippen LogP contribution in [0.2, 0.25) is 0 Å². The molecule has 1 aromatic rings. The van der Waals surface area contributed by atoms with Crippen LogP contribution < -0.4 is 0 Å². The van der Waals surface area contributed by atoms with Crippen molar-refractivity contribution < 1.29 is 13.7 Å². The van der Waals surface area contributed by atoms with Crippen molar-refractivity contribution in [3.8, 4) is 0 Å². The third kappa shape index (κ3) is 3.38. The van der Waals surface area contributed by atoms with Crippen LogP contribution in [0.15, 0.2) is 35.3 Å². The lowest BCUT2D eigenvalue weighted by Crippen LogP contribution is -2.10. The fraction of sp³-hybridized carbons (Fsp3) is 0.167. The smallest absolute Gasteiger partial charge is 0.338 e. The zero-order valence-electron chi connectivity index (χ0n) is 9.23. The SMILES string of the molecule is C=CCC(=S=O)c1cc(Br)ccc1C(=O)OC. The molecule has 0 N–H and O–H groups in total. The molecule has 0 radical (unpaired) electrons. The Morgan fingerprint density at radius 2 is 2.24 bits per heavy atom. The molecule has 0 spiro atoms. The first-order chi connectivity index (χ1) is 8.13. The van der Waals surface area contributed by atoms with Gasteiger partial charge in [0, 0.05) is 16.5 Å². The first-order valence-corrected chi connectivity index (χ1v) is 6.32. The molecule has 0 aliphatic rings. The van der Waals surface area contributed by atoms with Crippen molar-refractivity contribution in [2.24, 2.45) is 0 Å². The van der Waals surface area contributed by atoms with E-state index >= 15 is 0 Å². The molecule has 0 unspecified atom stereocenters. The van der Waals surface area contributed by atoms with Crippen LogP contribution in [0.5, 0.6) is 0 Å². The van der Waals surface area contributed by atoms with Gasteiger partial charge in [-0.05, 0) is 18.2 Å². The van der Waals surface area contributed by atoms with Crippen LogP contribution in [0.1, 0.15) is 22.3 Å². The molecule has 0 heterocycles. The van der Waals surface area contributed by atoms with Crippen LogP contribution >= 0.6 is 15.9 Å². The molecule has 3 nitrogen and oxygen atoms in total. The Morgan fingerprint density at radius 1 is 1.53 bits per heavy atom. The van der Waals surface area contributed by atoms with Gasteiger partial charge in [0.1, 0.15) is 0 Å². The maximum Gasteiger partial charge on any atom is 0.338 e. The van der Waals surface area contributed by atoms with Gasteiger partial charge in [-0.2, -0.15) is 0 Å². The summed E-state index contributed by atoms with van der Waals surface area (Å²) in [6.07, 6.45) is 2.05. The van der Waals surface area contributed by atoms with Gasteiger partial charge < -0.3 is 4.74 Å². The first-order valence-electron chi connectivity index (χ1n) is 4.78. The van der Waals surface area contributed by atoms with Gasteiger partial charge in [0.05, 0.1) is 28.8 Å². The molecule has 1 aromatic carbocycles. The second kappa shape index (κ2) is 6.51. The standard InChI is InChI=1S/C12H11BrO3S/c1-3-4-11(17-15)10-7-8(13)5-6-9(10)12(14)16-2/h3,5-7H,1,4H2,2H3. The monoisotopic (exact) mass is 314 g/mol. The summed E-state index contributed by atoms with van der Waals surface area (Å²) in [5, 5.41) is 0. The summed E-state index contributed by atoms with van der Waals surface area (Å²) in [5.74, 6) is -0.455. The molecule has 0 amide bonds. The minimum absolute atomic E-state index is 0.365. The van der Waals surface area contributed by atoms with Gasteiger partial charge in [0.2, 0.25) is 0 Å². The Morgan fingerprint density at radius 3 is 2.76 bits per heavy atom. The predicted molar refractivity (Wildman–Crippen MR) is 72.5 cm³/mol. The number of allylic oxidation sites excluding steroid dienone is 1. The van der Waals surface area contributed by atoms with E-state index < -0.39 is 5.97 Å². The molecule has 5 heteroatoms. The van der Waals surface area contributed by atoms with Gasteiger partial charge >= 0.3 is 5.97 Å². The van der Waals surface area contributed by atoms with E-state index in [-0.39, 0.29) is 0 Å². The highest BCUT2D eigenvalue weighted by Crippen LogP contribution is 2.19. The van der Waals surface area contributed by atoms with E-state index in [1.54, 1.807) is 24.3 Å². The van der Waals surface area contributed by atoms with E-state index in [0.29, 0.717) is 33.7 Å². The van der Waals surface area contributed by atoms with E-state index in [4.69, 9.17) is 0 Å². The van der Waals surface area contributed by atoms with E-state index in [1.165, 1.54) is 7.11 Å². The highest BCUT2D eigenvalue weighted by atomic mass is 79.9. The number of ether oxygens (including phenoxy) is 1. The molecule has 0 aliphatic heterocycles. The second-order valence-corrected chi connectivity index (χ2v) is 4.76. The highest BCUT2D eigenvalue weighted by Gasteiger charge is 2.15. The fourth-order valence-electron chi connectivity index (χ4n) is 1.36. The Kier molecular flexibility index (Phi) is 5.31. The number of carbonyl (C=O) groups excluding carboxylic acids is 1. The molecular weight excluding hydrogens is 304 g/mol. The largest absolute Gasteiger partial charge is 0.465 e. The molecule has 0 aromatic heterocycles. The Labute approximate surface area is 112 Å². The predicted octanol–water partition coefficient (Wildman–Crippen LogP) is 2.55. The molecule has 0 atom stereocenters. The lowest BCUT2D eigenvalue weighted by Gasteiger charge is -2.08. The third-order valence-corrected chi connectivity index (χ3v) is 3.20. The van der Waals surface area contributed by atoms with Gasteiger partial charge in [-0.25, -0.2) is 9.00 Å². The number of hydrogen-bond donors (Lipinski definition) is 0. The van der Waals surface area contributed by atoms with Crippen LogP contribution in [0.4, 0.5) is 0 Å². The van der Waals surface area contributed by atoms with Crippen LogP contribution in [-0.2, 0) is 16.0 Å². The molecule has 0 aliphatic carbocycles. The quantitative estimate of drug-likeness (QED) is 0.371. The maximum atomic E-state index is 11.6. The number of rotatable bonds is 4.